The Hall–Kier alpha value is -1.80. The number of alkyl halides is 5. The smallest absolute Gasteiger partial charge is 0.466 e. The van der Waals surface area contributed by atoms with Crippen LogP contribution in [0.15, 0.2) is 12.2 Å². The highest BCUT2D eigenvalue weighted by Gasteiger charge is 2.67. The lowest BCUT2D eigenvalue weighted by Gasteiger charge is -2.38. The molecular weight excluding hydrogens is 433 g/mol. The van der Waals surface area contributed by atoms with Crippen molar-refractivity contribution in [2.45, 2.75) is 49.8 Å². The number of likely N-dealkylation sites (tertiary alicyclic amines) is 1. The van der Waals surface area contributed by atoms with Gasteiger partial charge in [0.05, 0.1) is 6.61 Å². The highest BCUT2D eigenvalue weighted by atomic mass is 32.2. The van der Waals surface area contributed by atoms with E-state index in [1.807, 2.05) is 0 Å². The first-order valence-corrected chi connectivity index (χ1v) is 9.68. The molecule has 14 heteroatoms. The molecule has 0 saturated carbocycles. The van der Waals surface area contributed by atoms with Gasteiger partial charge in [0.15, 0.2) is 10.1 Å². The van der Waals surface area contributed by atoms with E-state index in [0.29, 0.717) is 24.2 Å². The summed E-state index contributed by atoms with van der Waals surface area (Å²) in [6, 6.07) is 0. The van der Waals surface area contributed by atoms with Crippen molar-refractivity contribution in [3.63, 3.8) is 0 Å². The largest absolute Gasteiger partial charge is 0.743 e. The van der Waals surface area contributed by atoms with Gasteiger partial charge in [0.1, 0.15) is 0 Å². The number of carbonyl (C=O) groups is 2. The van der Waals surface area contributed by atoms with Crippen LogP contribution in [0, 0.1) is 0 Å². The zero-order valence-electron chi connectivity index (χ0n) is 15.3. The molecule has 1 aliphatic heterocycles. The Labute approximate surface area is 163 Å². The Morgan fingerprint density at radius 3 is 2.03 bits per heavy atom. The first kappa shape index (κ1) is 25.2. The third kappa shape index (κ3) is 5.85. The van der Waals surface area contributed by atoms with Crippen molar-refractivity contribution in [3.05, 3.63) is 12.2 Å². The zero-order valence-corrected chi connectivity index (χ0v) is 16.1. The summed E-state index contributed by atoms with van der Waals surface area (Å²) in [6.45, 7) is 2.08. The lowest BCUT2D eigenvalue weighted by atomic mass is 10.1. The fourth-order valence-electron chi connectivity index (χ4n) is 2.36. The third-order valence-electron chi connectivity index (χ3n) is 3.95. The number of hydrogen-bond acceptors (Lipinski definition) is 7. The molecule has 0 aromatic heterocycles. The molecule has 1 rings (SSSR count). The van der Waals surface area contributed by atoms with Crippen LogP contribution in [0.4, 0.5) is 22.0 Å². The molecule has 1 amide bonds. The van der Waals surface area contributed by atoms with E-state index in [1.165, 1.54) is 0 Å². The molecule has 1 atom stereocenters. The fraction of sp³-hybridized carbons (Fsp3) is 0.733. The van der Waals surface area contributed by atoms with Gasteiger partial charge < -0.3 is 18.9 Å². The summed E-state index contributed by atoms with van der Waals surface area (Å²) < 4.78 is 108. The fourth-order valence-corrected chi connectivity index (χ4v) is 2.69. The molecule has 0 aromatic carbocycles. The minimum Gasteiger partial charge on any atom is -0.743 e. The highest BCUT2D eigenvalue weighted by Crippen LogP contribution is 2.39. The van der Waals surface area contributed by atoms with Gasteiger partial charge in [-0.3, -0.25) is 4.79 Å². The second kappa shape index (κ2) is 8.92. The van der Waals surface area contributed by atoms with Crippen molar-refractivity contribution in [3.8, 4) is 0 Å². The second-order valence-corrected chi connectivity index (χ2v) is 7.83. The van der Waals surface area contributed by atoms with Crippen molar-refractivity contribution in [2.75, 3.05) is 19.7 Å². The van der Waals surface area contributed by atoms with Crippen LogP contribution in [0.5, 0.6) is 0 Å². The van der Waals surface area contributed by atoms with Gasteiger partial charge in [-0.15, -0.1) is 0 Å². The van der Waals surface area contributed by atoms with Crippen molar-refractivity contribution in [1.29, 1.82) is 0 Å². The van der Waals surface area contributed by atoms with Crippen LogP contribution in [0.25, 0.3) is 0 Å². The van der Waals surface area contributed by atoms with Gasteiger partial charge in [0.2, 0.25) is 0 Å². The number of nitrogens with zero attached hydrogens (tertiary/aromatic N) is 1. The quantitative estimate of drug-likeness (QED) is 0.182. The summed E-state index contributed by atoms with van der Waals surface area (Å²) in [7, 11) is -6.19. The number of amides is 1. The van der Waals surface area contributed by atoms with Crippen LogP contribution in [0.3, 0.4) is 0 Å². The van der Waals surface area contributed by atoms with Crippen LogP contribution in [-0.2, 0) is 29.2 Å². The summed E-state index contributed by atoms with van der Waals surface area (Å²) in [6.07, 6.45) is -6.38. The number of ether oxygens (including phenoxy) is 2. The molecule has 0 radical (unpaired) electrons. The maximum absolute atomic E-state index is 13.8. The molecule has 1 unspecified atom stereocenters. The van der Waals surface area contributed by atoms with Crippen LogP contribution >= 0.6 is 0 Å². The molecule has 1 aliphatic rings. The molecular formula is C15H19F5NO7S-. The topological polar surface area (TPSA) is 113 Å². The molecule has 1 saturated heterocycles. The number of piperidine rings is 1. The Bertz CT molecular complexity index is 747. The first-order valence-electron chi connectivity index (χ1n) is 8.27. The lowest BCUT2D eigenvalue weighted by molar-refractivity contribution is -0.351. The molecule has 0 spiro atoms. The molecule has 0 bridgehead atoms. The molecule has 0 aromatic rings. The summed E-state index contributed by atoms with van der Waals surface area (Å²) in [5, 5.41) is -4.96. The Kier molecular flexibility index (Phi) is 7.76. The average molecular weight is 452 g/mol. The number of rotatable bonds is 8. The van der Waals surface area contributed by atoms with E-state index in [0.717, 1.165) is 6.92 Å². The van der Waals surface area contributed by atoms with E-state index < -0.39 is 57.8 Å². The van der Waals surface area contributed by atoms with E-state index in [-0.39, 0.29) is 13.1 Å². The molecule has 0 N–H and O–H groups in total. The minimum atomic E-state index is -6.19. The lowest BCUT2D eigenvalue weighted by Crippen LogP contribution is -2.63. The molecule has 0 aliphatic carbocycles. The predicted molar refractivity (Wildman–Crippen MR) is 85.3 cm³/mol. The van der Waals surface area contributed by atoms with Gasteiger partial charge in [-0.05, 0) is 26.2 Å². The van der Waals surface area contributed by atoms with E-state index in [1.54, 1.807) is 0 Å². The minimum absolute atomic E-state index is 0.129. The summed E-state index contributed by atoms with van der Waals surface area (Å²) in [5.74, 6) is -7.84. The van der Waals surface area contributed by atoms with E-state index in [2.05, 4.69) is 16.1 Å². The summed E-state index contributed by atoms with van der Waals surface area (Å²) in [4.78, 5) is 25.0. The van der Waals surface area contributed by atoms with Gasteiger partial charge in [-0.2, -0.15) is 22.0 Å². The van der Waals surface area contributed by atoms with Crippen molar-refractivity contribution < 1.29 is 54.0 Å². The Morgan fingerprint density at radius 1 is 1.10 bits per heavy atom. The Balaban J connectivity index is 3.27. The van der Waals surface area contributed by atoms with Crippen LogP contribution in [0.1, 0.15) is 32.6 Å². The van der Waals surface area contributed by atoms with Gasteiger partial charge in [0, 0.05) is 25.1 Å². The normalized spacial score (nSPS) is 18.1. The maximum Gasteiger partial charge on any atom is 0.466 e. The molecule has 29 heavy (non-hydrogen) atoms. The van der Waals surface area contributed by atoms with E-state index in [4.69, 9.17) is 0 Å². The number of esters is 1. The Morgan fingerprint density at radius 2 is 1.62 bits per heavy atom. The SMILES string of the molecule is C=C(C)C(=O)OC(OCCC(F)(F)S(=O)(=O)[O-])(C(=O)N1CCCCC1)C(F)(F)F. The molecule has 8 nitrogen and oxygen atoms in total. The van der Waals surface area contributed by atoms with Crippen LogP contribution in [-0.4, -0.2) is 66.7 Å². The van der Waals surface area contributed by atoms with Gasteiger partial charge in [0.25, 0.3) is 0 Å². The molecule has 1 fully saturated rings. The highest BCUT2D eigenvalue weighted by molar-refractivity contribution is 7.86. The standard InChI is InChI=1S/C15H20F5NO7S/c1-10(2)11(22)28-14(15(18,19)20,12(23)21-7-4-3-5-8-21)27-9-6-13(16,17)29(24,25)26/h1,3-9H2,2H3,(H,24,25,26)/p-1. The van der Waals surface area contributed by atoms with Crippen molar-refractivity contribution in [2.24, 2.45) is 0 Å². The number of halogens is 5. The molecule has 168 valence electrons. The zero-order chi connectivity index (χ0) is 22.7. The maximum atomic E-state index is 13.8. The number of carbonyl (C=O) groups excluding carboxylic acids is 2. The predicted octanol–water partition coefficient (Wildman–Crippen LogP) is 1.92. The monoisotopic (exact) mass is 452 g/mol. The average Bonchev–Trinajstić information content (AvgIpc) is 2.58. The second-order valence-electron chi connectivity index (χ2n) is 6.33. The van der Waals surface area contributed by atoms with Gasteiger partial charge >= 0.3 is 29.1 Å². The summed E-state index contributed by atoms with van der Waals surface area (Å²) >= 11 is 0. The number of hydrogen-bond donors (Lipinski definition) is 0. The molecule has 1 heterocycles. The van der Waals surface area contributed by atoms with Crippen molar-refractivity contribution in [1.82, 2.24) is 4.90 Å². The van der Waals surface area contributed by atoms with Crippen LogP contribution < -0.4 is 0 Å². The van der Waals surface area contributed by atoms with Crippen LogP contribution in [0.2, 0.25) is 0 Å². The van der Waals surface area contributed by atoms with Gasteiger partial charge in [-0.1, -0.05) is 6.58 Å². The van der Waals surface area contributed by atoms with E-state index in [9.17, 15) is 44.5 Å². The summed E-state index contributed by atoms with van der Waals surface area (Å²) in [5.41, 5.74) is -0.541. The van der Waals surface area contributed by atoms with Crippen molar-refractivity contribution >= 4 is 22.0 Å². The first-order chi connectivity index (χ1) is 13.1. The van der Waals surface area contributed by atoms with Gasteiger partial charge in [-0.25, -0.2) is 13.2 Å². The third-order valence-corrected chi connectivity index (χ3v) is 4.88. The van der Waals surface area contributed by atoms with E-state index >= 15 is 0 Å².